The number of allylic oxidation sites excluding steroid dienone is 12. The van der Waals surface area contributed by atoms with Gasteiger partial charge in [0.15, 0.2) is 6.10 Å². The minimum Gasteiger partial charge on any atom is -0.462 e. The molecule has 0 spiro atoms. The van der Waals surface area contributed by atoms with Gasteiger partial charge >= 0.3 is 19.8 Å². The third kappa shape index (κ3) is 40.2. The van der Waals surface area contributed by atoms with E-state index in [0.29, 0.717) is 25.7 Å². The van der Waals surface area contributed by atoms with E-state index in [-0.39, 0.29) is 19.4 Å². The monoisotopic (exact) mass is 762 g/mol. The molecule has 0 fully saturated rings. The molecule has 0 aliphatic rings. The summed E-state index contributed by atoms with van der Waals surface area (Å²) in [6.45, 7) is 3.47. The first kappa shape index (κ1) is 50.2. The van der Waals surface area contributed by atoms with Gasteiger partial charge in [0.2, 0.25) is 0 Å². The number of carbonyl (C=O) groups excluding carboxylic acids is 2. The Morgan fingerprint density at radius 1 is 0.585 bits per heavy atom. The Kier molecular flexibility index (Phi) is 35.5. The lowest BCUT2D eigenvalue weighted by molar-refractivity contribution is -0.161. The van der Waals surface area contributed by atoms with Gasteiger partial charge < -0.3 is 24.4 Å². The van der Waals surface area contributed by atoms with Crippen LogP contribution in [0.15, 0.2) is 85.1 Å². The summed E-state index contributed by atoms with van der Waals surface area (Å²) >= 11 is 0. The number of rotatable bonds is 35. The molecule has 302 valence electrons. The molecule has 0 rings (SSSR count). The molecular formula is C43H71O9P. The Bertz CT molecular complexity index is 1150. The Hall–Kier alpha value is -2.81. The molecule has 3 N–H and O–H groups in total. The van der Waals surface area contributed by atoms with E-state index < -0.39 is 38.6 Å². The first-order valence-corrected chi connectivity index (χ1v) is 21.5. The molecular weight excluding hydrogens is 691 g/mol. The fraction of sp³-hybridized carbons (Fsp3) is 0.628. The molecule has 0 aromatic rings. The second kappa shape index (κ2) is 37.5. The van der Waals surface area contributed by atoms with Gasteiger partial charge in [0.25, 0.3) is 0 Å². The highest BCUT2D eigenvalue weighted by atomic mass is 31.2. The molecule has 0 aromatic carbocycles. The molecule has 2 atom stereocenters. The van der Waals surface area contributed by atoms with Gasteiger partial charge in [0.05, 0.1) is 12.7 Å². The van der Waals surface area contributed by atoms with E-state index in [4.69, 9.17) is 19.3 Å². The van der Waals surface area contributed by atoms with Gasteiger partial charge in [-0.15, -0.1) is 0 Å². The second-order valence-corrected chi connectivity index (χ2v) is 14.3. The molecule has 0 aliphatic heterocycles. The number of hydrogen-bond donors (Lipinski definition) is 3. The van der Waals surface area contributed by atoms with Crippen LogP contribution < -0.4 is 0 Å². The summed E-state index contributed by atoms with van der Waals surface area (Å²) in [5.74, 6) is -1.02. The van der Waals surface area contributed by atoms with Crippen molar-refractivity contribution in [2.24, 2.45) is 0 Å². The van der Waals surface area contributed by atoms with E-state index in [1.54, 1.807) is 6.08 Å². The first-order valence-electron chi connectivity index (χ1n) is 20.0. The summed E-state index contributed by atoms with van der Waals surface area (Å²) in [5, 5.41) is 9.99. The second-order valence-electron chi connectivity index (χ2n) is 13.1. The van der Waals surface area contributed by atoms with Crippen molar-refractivity contribution in [3.05, 3.63) is 85.1 Å². The van der Waals surface area contributed by atoms with Crippen molar-refractivity contribution in [1.82, 2.24) is 0 Å². The van der Waals surface area contributed by atoms with Crippen molar-refractivity contribution in [1.29, 1.82) is 0 Å². The predicted octanol–water partition coefficient (Wildman–Crippen LogP) is 11.0. The quantitative estimate of drug-likeness (QED) is 0.0189. The van der Waals surface area contributed by atoms with Crippen LogP contribution in [0.3, 0.4) is 0 Å². The van der Waals surface area contributed by atoms with Crippen LogP contribution >= 0.6 is 7.82 Å². The Labute approximate surface area is 321 Å². The smallest absolute Gasteiger partial charge is 0.462 e. The molecule has 0 radical (unpaired) electrons. The van der Waals surface area contributed by atoms with Crippen LogP contribution in [0.5, 0.6) is 0 Å². The third-order valence-electron chi connectivity index (χ3n) is 7.97. The molecule has 0 unspecified atom stereocenters. The van der Waals surface area contributed by atoms with Crippen LogP contribution in [0, 0.1) is 0 Å². The number of ether oxygens (including phenoxy) is 2. The standard InChI is InChI=1S/C43H71O9P/c1-3-5-7-9-11-12-13-14-15-16-17-18-19-20-25-29-33-37-43(46)52-41(39-51-53(47,48)49)38-50-42(45)36-32-28-24-22-21-23-27-31-35-40(44)34-30-26-10-8-6-4-2/h11-12,14-15,17-18,22-24,26-27,30-31,35,40-41,44H,3-10,13,16,19-21,25,28-29,32-34,36-39H2,1-2H3,(H2,47,48,49)/b12-11-,15-14-,18-17-,24-22-,27-23-,30-26-,35-31+/t40-,41-/m1/s1. The fourth-order valence-electron chi connectivity index (χ4n) is 4.92. The molecule has 0 saturated carbocycles. The van der Waals surface area contributed by atoms with Crippen LogP contribution in [0.2, 0.25) is 0 Å². The Balaban J connectivity index is 4.18. The van der Waals surface area contributed by atoms with Gasteiger partial charge in [0.1, 0.15) is 6.61 Å². The van der Waals surface area contributed by atoms with Crippen molar-refractivity contribution >= 4 is 19.8 Å². The largest absolute Gasteiger partial charge is 0.469 e. The molecule has 0 saturated heterocycles. The highest BCUT2D eigenvalue weighted by molar-refractivity contribution is 7.46. The summed E-state index contributed by atoms with van der Waals surface area (Å²) in [6.07, 6.45) is 46.2. The number of phosphoric ester groups is 1. The zero-order chi connectivity index (χ0) is 39.1. The van der Waals surface area contributed by atoms with E-state index in [2.05, 4.69) is 60.9 Å². The van der Waals surface area contributed by atoms with Gasteiger partial charge in [-0.25, -0.2) is 4.57 Å². The molecule has 0 aliphatic carbocycles. The average molecular weight is 763 g/mol. The summed E-state index contributed by atoms with van der Waals surface area (Å²) in [7, 11) is -4.79. The van der Waals surface area contributed by atoms with Gasteiger partial charge in [0, 0.05) is 12.8 Å². The zero-order valence-corrected chi connectivity index (χ0v) is 33.6. The third-order valence-corrected chi connectivity index (χ3v) is 8.45. The van der Waals surface area contributed by atoms with Crippen molar-refractivity contribution in [3.63, 3.8) is 0 Å². The number of phosphoric acid groups is 1. The SMILES string of the molecule is CCCCC/C=C\C/C=C\C/C=C\CCCCCCC(=O)O[C@H](COC(=O)CCC/C=C\C/C=C\C=C\[C@H](O)C/C=C\CCCCC)COP(=O)(O)O. The lowest BCUT2D eigenvalue weighted by Gasteiger charge is -2.18. The van der Waals surface area contributed by atoms with Crippen LogP contribution in [0.25, 0.3) is 0 Å². The lowest BCUT2D eigenvalue weighted by atomic mass is 10.1. The van der Waals surface area contributed by atoms with E-state index in [1.807, 2.05) is 36.5 Å². The number of unbranched alkanes of at least 4 members (excludes halogenated alkanes) is 11. The van der Waals surface area contributed by atoms with Crippen LogP contribution in [-0.2, 0) is 28.2 Å². The first-order chi connectivity index (χ1) is 25.7. The molecule has 53 heavy (non-hydrogen) atoms. The average Bonchev–Trinajstić information content (AvgIpc) is 3.12. The fourth-order valence-corrected chi connectivity index (χ4v) is 5.29. The van der Waals surface area contributed by atoms with Crippen molar-refractivity contribution in [3.8, 4) is 0 Å². The highest BCUT2D eigenvalue weighted by Gasteiger charge is 2.22. The number of aliphatic hydroxyl groups excluding tert-OH is 1. The minimum absolute atomic E-state index is 0.149. The van der Waals surface area contributed by atoms with Crippen molar-refractivity contribution in [2.75, 3.05) is 13.2 Å². The number of esters is 2. The van der Waals surface area contributed by atoms with E-state index >= 15 is 0 Å². The molecule has 9 nitrogen and oxygen atoms in total. The molecule has 10 heteroatoms. The van der Waals surface area contributed by atoms with Gasteiger partial charge in [-0.1, -0.05) is 137 Å². The van der Waals surface area contributed by atoms with E-state index in [9.17, 15) is 19.3 Å². The van der Waals surface area contributed by atoms with Crippen molar-refractivity contribution < 1.29 is 43.0 Å². The maximum absolute atomic E-state index is 12.4. The Morgan fingerprint density at radius 2 is 1.09 bits per heavy atom. The van der Waals surface area contributed by atoms with Crippen molar-refractivity contribution in [2.45, 2.75) is 161 Å². The Morgan fingerprint density at radius 3 is 1.70 bits per heavy atom. The van der Waals surface area contributed by atoms with E-state index in [0.717, 1.165) is 51.4 Å². The van der Waals surface area contributed by atoms with Crippen LogP contribution in [0.4, 0.5) is 0 Å². The summed E-state index contributed by atoms with van der Waals surface area (Å²) in [6, 6.07) is 0. The molecule has 0 aromatic heterocycles. The maximum Gasteiger partial charge on any atom is 0.469 e. The number of carbonyl (C=O) groups is 2. The zero-order valence-electron chi connectivity index (χ0n) is 32.7. The topological polar surface area (TPSA) is 140 Å². The van der Waals surface area contributed by atoms with Crippen LogP contribution in [-0.4, -0.2) is 52.3 Å². The summed E-state index contributed by atoms with van der Waals surface area (Å²) < 4.78 is 26.2. The van der Waals surface area contributed by atoms with E-state index in [1.165, 1.54) is 44.9 Å². The minimum atomic E-state index is -4.79. The molecule has 0 amide bonds. The highest BCUT2D eigenvalue weighted by Crippen LogP contribution is 2.36. The lowest BCUT2D eigenvalue weighted by Crippen LogP contribution is -2.29. The number of hydrogen-bond acceptors (Lipinski definition) is 7. The van der Waals surface area contributed by atoms with Crippen LogP contribution in [0.1, 0.15) is 149 Å². The van der Waals surface area contributed by atoms with Gasteiger partial charge in [-0.05, 0) is 83.5 Å². The number of aliphatic hydroxyl groups is 1. The predicted molar refractivity (Wildman–Crippen MR) is 217 cm³/mol. The van der Waals surface area contributed by atoms with Gasteiger partial charge in [-0.3, -0.25) is 14.1 Å². The summed E-state index contributed by atoms with van der Waals surface area (Å²) in [5.41, 5.74) is 0. The maximum atomic E-state index is 12.4. The molecule has 0 heterocycles. The van der Waals surface area contributed by atoms with Gasteiger partial charge in [-0.2, -0.15) is 0 Å². The molecule has 0 bridgehead atoms. The summed E-state index contributed by atoms with van der Waals surface area (Å²) in [4.78, 5) is 42.8. The normalized spacial score (nSPS) is 14.0.